The minimum absolute atomic E-state index is 0.297. The molecular formula is C23H26NO3P. The van der Waals surface area contributed by atoms with Gasteiger partial charge in [-0.15, -0.1) is 0 Å². The van der Waals surface area contributed by atoms with E-state index in [2.05, 4.69) is 17.2 Å². The van der Waals surface area contributed by atoms with Crippen LogP contribution in [-0.4, -0.2) is 13.2 Å². The van der Waals surface area contributed by atoms with Crippen LogP contribution in [0.2, 0.25) is 0 Å². The third-order valence-electron chi connectivity index (χ3n) is 4.32. The Morgan fingerprint density at radius 3 is 2.00 bits per heavy atom. The van der Waals surface area contributed by atoms with Crippen molar-refractivity contribution in [2.24, 2.45) is 0 Å². The second-order valence-electron chi connectivity index (χ2n) is 6.31. The molecule has 0 aromatic heterocycles. The number of anilines is 1. The van der Waals surface area contributed by atoms with Crippen LogP contribution >= 0.6 is 7.75 Å². The smallest absolute Gasteiger partial charge is 0.293 e. The molecule has 1 N–H and O–H groups in total. The van der Waals surface area contributed by atoms with Crippen LogP contribution in [0.3, 0.4) is 0 Å². The van der Waals surface area contributed by atoms with Gasteiger partial charge in [-0.25, -0.2) is 4.57 Å². The minimum Gasteiger partial charge on any atom is -0.293 e. The molecule has 0 fully saturated rings. The van der Waals surface area contributed by atoms with Crippen molar-refractivity contribution < 1.29 is 13.6 Å². The van der Waals surface area contributed by atoms with E-state index in [1.807, 2.05) is 66.7 Å². The highest BCUT2D eigenvalue weighted by molar-refractivity contribution is 7.55. The standard InChI is InChI=1S/C23H26NO3P/c1-3-26-28(25,27-4-2)24-23-21(18-19-12-7-5-8-13-19)16-11-17-22(23)20-14-9-6-10-15-20/h5-17H,3-4,18H2,1-2H3,(H,24,25). The molecule has 0 saturated heterocycles. The molecular weight excluding hydrogens is 369 g/mol. The third-order valence-corrected chi connectivity index (χ3v) is 6.01. The zero-order chi connectivity index (χ0) is 19.8. The van der Waals surface area contributed by atoms with Crippen LogP contribution in [-0.2, 0) is 20.0 Å². The van der Waals surface area contributed by atoms with Crippen molar-refractivity contribution >= 4 is 13.4 Å². The Bertz CT molecular complexity index is 919. The van der Waals surface area contributed by atoms with E-state index in [0.29, 0.717) is 19.6 Å². The minimum atomic E-state index is -3.47. The van der Waals surface area contributed by atoms with E-state index in [-0.39, 0.29) is 0 Å². The topological polar surface area (TPSA) is 47.6 Å². The summed E-state index contributed by atoms with van der Waals surface area (Å²) in [5.41, 5.74) is 5.00. The lowest BCUT2D eigenvalue weighted by Crippen LogP contribution is -2.08. The van der Waals surface area contributed by atoms with Crippen molar-refractivity contribution in [2.45, 2.75) is 20.3 Å². The molecule has 0 atom stereocenters. The lowest BCUT2D eigenvalue weighted by Gasteiger charge is -2.23. The lowest BCUT2D eigenvalue weighted by atomic mass is 9.96. The van der Waals surface area contributed by atoms with Crippen LogP contribution in [0.4, 0.5) is 5.69 Å². The van der Waals surface area contributed by atoms with Gasteiger partial charge in [-0.2, -0.15) is 0 Å². The molecule has 0 aliphatic heterocycles. The largest absolute Gasteiger partial charge is 0.432 e. The fraction of sp³-hybridized carbons (Fsp3) is 0.217. The first-order valence-corrected chi connectivity index (χ1v) is 11.1. The van der Waals surface area contributed by atoms with Gasteiger partial charge in [0, 0.05) is 5.56 Å². The summed E-state index contributed by atoms with van der Waals surface area (Å²) in [7, 11) is -3.47. The van der Waals surface area contributed by atoms with E-state index in [1.54, 1.807) is 13.8 Å². The molecule has 5 heteroatoms. The van der Waals surface area contributed by atoms with E-state index in [9.17, 15) is 4.57 Å². The molecule has 0 aliphatic carbocycles. The van der Waals surface area contributed by atoms with Crippen molar-refractivity contribution in [2.75, 3.05) is 18.3 Å². The Balaban J connectivity index is 2.08. The molecule has 3 aromatic carbocycles. The highest BCUT2D eigenvalue weighted by atomic mass is 31.2. The van der Waals surface area contributed by atoms with Crippen LogP contribution in [0.25, 0.3) is 11.1 Å². The molecule has 146 valence electrons. The Morgan fingerprint density at radius 2 is 1.39 bits per heavy atom. The molecule has 28 heavy (non-hydrogen) atoms. The van der Waals surface area contributed by atoms with Gasteiger partial charge in [0.05, 0.1) is 18.9 Å². The van der Waals surface area contributed by atoms with Gasteiger partial charge >= 0.3 is 7.75 Å². The van der Waals surface area contributed by atoms with Gasteiger partial charge in [0.25, 0.3) is 0 Å². The lowest BCUT2D eigenvalue weighted by molar-refractivity contribution is 0.225. The fourth-order valence-corrected chi connectivity index (χ4v) is 4.55. The first-order chi connectivity index (χ1) is 13.6. The van der Waals surface area contributed by atoms with E-state index in [0.717, 1.165) is 22.4 Å². The van der Waals surface area contributed by atoms with E-state index in [1.165, 1.54) is 5.56 Å². The Morgan fingerprint density at radius 1 is 0.786 bits per heavy atom. The average Bonchev–Trinajstić information content (AvgIpc) is 2.71. The second-order valence-corrected chi connectivity index (χ2v) is 8.05. The van der Waals surface area contributed by atoms with Crippen LogP contribution in [0.1, 0.15) is 25.0 Å². The predicted molar refractivity (Wildman–Crippen MR) is 116 cm³/mol. The fourth-order valence-electron chi connectivity index (χ4n) is 3.13. The SMILES string of the molecule is CCOP(=O)(Nc1c(Cc2ccccc2)cccc1-c1ccccc1)OCC. The van der Waals surface area contributed by atoms with Crippen LogP contribution in [0, 0.1) is 0 Å². The summed E-state index contributed by atoms with van der Waals surface area (Å²) in [4.78, 5) is 0. The average molecular weight is 395 g/mol. The van der Waals surface area contributed by atoms with E-state index < -0.39 is 7.75 Å². The third kappa shape index (κ3) is 5.11. The van der Waals surface area contributed by atoms with Gasteiger partial charge in [-0.05, 0) is 37.0 Å². The van der Waals surface area contributed by atoms with Gasteiger partial charge in [-0.3, -0.25) is 14.1 Å². The monoisotopic (exact) mass is 395 g/mol. The van der Waals surface area contributed by atoms with Crippen molar-refractivity contribution in [3.63, 3.8) is 0 Å². The van der Waals surface area contributed by atoms with Gasteiger partial charge in [0.1, 0.15) is 0 Å². The summed E-state index contributed by atoms with van der Waals surface area (Å²) in [5, 5.41) is 3.12. The number of benzene rings is 3. The molecule has 0 aliphatic rings. The van der Waals surface area contributed by atoms with Gasteiger partial charge in [0.2, 0.25) is 0 Å². The molecule has 3 aromatic rings. The van der Waals surface area contributed by atoms with Crippen LogP contribution < -0.4 is 5.09 Å². The van der Waals surface area contributed by atoms with Crippen molar-refractivity contribution in [3.8, 4) is 11.1 Å². The maximum atomic E-state index is 13.2. The first-order valence-electron chi connectivity index (χ1n) is 9.54. The zero-order valence-electron chi connectivity index (χ0n) is 16.3. The summed E-state index contributed by atoms with van der Waals surface area (Å²) in [5.74, 6) is 0. The summed E-state index contributed by atoms with van der Waals surface area (Å²) < 4.78 is 24.2. The Kier molecular flexibility index (Phi) is 7.05. The molecule has 0 bridgehead atoms. The number of nitrogens with one attached hydrogen (secondary N) is 1. The maximum absolute atomic E-state index is 13.2. The molecule has 0 saturated carbocycles. The Labute approximate surface area is 167 Å². The zero-order valence-corrected chi connectivity index (χ0v) is 17.2. The molecule has 3 rings (SSSR count). The number of hydrogen-bond acceptors (Lipinski definition) is 3. The van der Waals surface area contributed by atoms with Gasteiger partial charge < -0.3 is 0 Å². The number of rotatable bonds is 9. The summed E-state index contributed by atoms with van der Waals surface area (Å²) in [6.45, 7) is 4.21. The summed E-state index contributed by atoms with van der Waals surface area (Å²) >= 11 is 0. The molecule has 0 spiro atoms. The van der Waals surface area contributed by atoms with Gasteiger partial charge in [-0.1, -0.05) is 78.9 Å². The van der Waals surface area contributed by atoms with Crippen LogP contribution in [0.15, 0.2) is 78.9 Å². The highest BCUT2D eigenvalue weighted by Gasteiger charge is 2.26. The normalized spacial score (nSPS) is 11.4. The molecule has 0 amide bonds. The number of para-hydroxylation sites is 1. The van der Waals surface area contributed by atoms with Crippen molar-refractivity contribution in [1.82, 2.24) is 0 Å². The van der Waals surface area contributed by atoms with E-state index in [4.69, 9.17) is 9.05 Å². The number of hydrogen-bond donors (Lipinski definition) is 1. The van der Waals surface area contributed by atoms with Gasteiger partial charge in [0.15, 0.2) is 0 Å². The molecule has 0 radical (unpaired) electrons. The van der Waals surface area contributed by atoms with E-state index >= 15 is 0 Å². The Hall–Kier alpha value is -2.39. The molecule has 0 unspecified atom stereocenters. The predicted octanol–water partition coefficient (Wildman–Crippen LogP) is 6.54. The summed E-state index contributed by atoms with van der Waals surface area (Å²) in [6, 6.07) is 26.4. The van der Waals surface area contributed by atoms with Crippen molar-refractivity contribution in [3.05, 3.63) is 90.0 Å². The first kappa shape index (κ1) is 20.3. The van der Waals surface area contributed by atoms with Crippen molar-refractivity contribution in [1.29, 1.82) is 0 Å². The molecule has 4 nitrogen and oxygen atoms in total. The molecule has 0 heterocycles. The van der Waals surface area contributed by atoms with Crippen LogP contribution in [0.5, 0.6) is 0 Å². The quantitative estimate of drug-likeness (QED) is 0.418. The maximum Gasteiger partial charge on any atom is 0.432 e. The highest BCUT2D eigenvalue weighted by Crippen LogP contribution is 2.50. The summed E-state index contributed by atoms with van der Waals surface area (Å²) in [6.07, 6.45) is 0.710. The second kappa shape index (κ2) is 9.70.